The van der Waals surface area contributed by atoms with Crippen molar-refractivity contribution in [3.8, 4) is 6.07 Å². The number of hydrogen-bond acceptors (Lipinski definition) is 1. The van der Waals surface area contributed by atoms with Gasteiger partial charge in [-0.3, -0.25) is 0 Å². The third kappa shape index (κ3) is 3.00. The Morgan fingerprint density at radius 3 is 1.85 bits per heavy atom. The second kappa shape index (κ2) is 6.61. The molecule has 1 rings (SSSR count). The van der Waals surface area contributed by atoms with Crippen LogP contribution in [0.3, 0.4) is 0 Å². The highest BCUT2D eigenvalue weighted by Crippen LogP contribution is 2.46. The van der Waals surface area contributed by atoms with Gasteiger partial charge in [-0.2, -0.15) is 5.26 Å². The van der Waals surface area contributed by atoms with E-state index in [1.54, 1.807) is 0 Å². The first-order valence-corrected chi connectivity index (χ1v) is 8.25. The van der Waals surface area contributed by atoms with E-state index in [1.807, 2.05) is 0 Å². The second-order valence-corrected chi connectivity index (χ2v) is 6.71. The lowest BCUT2D eigenvalue weighted by Gasteiger charge is -2.37. The molecule has 0 N–H and O–H groups in total. The van der Waals surface area contributed by atoms with Crippen molar-refractivity contribution in [1.29, 1.82) is 5.26 Å². The van der Waals surface area contributed by atoms with Gasteiger partial charge in [0.05, 0.1) is 11.6 Å². The molecule has 0 fully saturated rings. The van der Waals surface area contributed by atoms with Gasteiger partial charge >= 0.3 is 0 Å². The van der Waals surface area contributed by atoms with Gasteiger partial charge in [-0.25, -0.2) is 0 Å². The van der Waals surface area contributed by atoms with Crippen LogP contribution in [0.25, 0.3) is 0 Å². The summed E-state index contributed by atoms with van der Waals surface area (Å²) in [6.45, 7) is 13.7. The minimum absolute atomic E-state index is 0.196. The van der Waals surface area contributed by atoms with Gasteiger partial charge in [0.2, 0.25) is 0 Å². The maximum absolute atomic E-state index is 9.59. The molecule has 1 aliphatic rings. The molecule has 0 aromatic carbocycles. The van der Waals surface area contributed by atoms with E-state index in [1.165, 1.54) is 11.1 Å². The van der Waals surface area contributed by atoms with E-state index in [4.69, 9.17) is 0 Å². The van der Waals surface area contributed by atoms with Crippen LogP contribution in [0.1, 0.15) is 80.1 Å². The van der Waals surface area contributed by atoms with Gasteiger partial charge in [0, 0.05) is 0 Å². The first kappa shape index (κ1) is 17.0. The second-order valence-electron chi connectivity index (χ2n) is 6.71. The number of rotatable bonds is 6. The third-order valence-electron chi connectivity index (χ3n) is 6.03. The zero-order chi connectivity index (χ0) is 15.4. The molecule has 0 bridgehead atoms. The number of allylic oxidation sites excluding steroid dienone is 4. The van der Waals surface area contributed by atoms with Crippen LogP contribution in [0.4, 0.5) is 0 Å². The highest BCUT2D eigenvalue weighted by Gasteiger charge is 2.33. The van der Waals surface area contributed by atoms with Crippen molar-refractivity contribution in [3.63, 3.8) is 0 Å². The Hall–Kier alpha value is -1.03. The summed E-state index contributed by atoms with van der Waals surface area (Å²) in [5.74, 6) is 0. The molecule has 20 heavy (non-hydrogen) atoms. The van der Waals surface area contributed by atoms with Crippen LogP contribution in [0.15, 0.2) is 22.8 Å². The van der Waals surface area contributed by atoms with Crippen molar-refractivity contribution in [3.05, 3.63) is 22.8 Å². The fraction of sp³-hybridized carbons (Fsp3) is 0.737. The van der Waals surface area contributed by atoms with Crippen molar-refractivity contribution in [2.45, 2.75) is 80.1 Å². The largest absolute Gasteiger partial charge is 0.192 e. The van der Waals surface area contributed by atoms with E-state index in [-0.39, 0.29) is 10.8 Å². The van der Waals surface area contributed by atoms with Gasteiger partial charge in [0.15, 0.2) is 0 Å². The fourth-order valence-corrected chi connectivity index (χ4v) is 3.31. The molecule has 0 radical (unpaired) electrons. The average Bonchev–Trinajstić information content (AvgIpc) is 2.52. The van der Waals surface area contributed by atoms with Gasteiger partial charge in [-0.1, -0.05) is 47.1 Å². The standard InChI is InChI=1S/C19H31N/c1-7-18(5,8-2)16-11-12-17(15(13-16)14-20)19(6,9-3)10-4/h13H,7-12H2,1-6H3. The third-order valence-corrected chi connectivity index (χ3v) is 6.03. The Morgan fingerprint density at radius 2 is 1.45 bits per heavy atom. The average molecular weight is 273 g/mol. The smallest absolute Gasteiger partial charge is 0.0991 e. The Morgan fingerprint density at radius 1 is 0.950 bits per heavy atom. The molecule has 0 spiro atoms. The van der Waals surface area contributed by atoms with E-state index < -0.39 is 0 Å². The van der Waals surface area contributed by atoms with E-state index in [0.717, 1.165) is 44.1 Å². The van der Waals surface area contributed by atoms with E-state index >= 15 is 0 Å². The minimum Gasteiger partial charge on any atom is -0.192 e. The van der Waals surface area contributed by atoms with Gasteiger partial charge in [-0.05, 0) is 61.0 Å². The lowest BCUT2D eigenvalue weighted by Crippen LogP contribution is -2.24. The Kier molecular flexibility index (Phi) is 5.63. The normalized spacial score (nSPS) is 16.9. The predicted molar refractivity (Wildman–Crippen MR) is 87.3 cm³/mol. The number of nitriles is 1. The molecule has 0 aromatic rings. The van der Waals surface area contributed by atoms with Crippen LogP contribution in [0.2, 0.25) is 0 Å². The Labute approximate surface area is 125 Å². The molecule has 112 valence electrons. The summed E-state index contributed by atoms with van der Waals surface area (Å²) < 4.78 is 0. The molecule has 1 aliphatic carbocycles. The maximum atomic E-state index is 9.59. The van der Waals surface area contributed by atoms with Crippen LogP contribution in [0.5, 0.6) is 0 Å². The molecule has 0 unspecified atom stereocenters. The minimum atomic E-state index is 0.196. The lowest BCUT2D eigenvalue weighted by atomic mass is 9.67. The van der Waals surface area contributed by atoms with Crippen LogP contribution < -0.4 is 0 Å². The van der Waals surface area contributed by atoms with Gasteiger partial charge in [0.1, 0.15) is 0 Å². The Bertz CT molecular complexity index is 437. The number of nitrogens with zero attached hydrogens (tertiary/aromatic N) is 1. The zero-order valence-corrected chi connectivity index (χ0v) is 14.3. The first-order valence-electron chi connectivity index (χ1n) is 8.25. The molecule has 0 saturated carbocycles. The summed E-state index contributed by atoms with van der Waals surface area (Å²) in [7, 11) is 0. The summed E-state index contributed by atoms with van der Waals surface area (Å²) >= 11 is 0. The lowest BCUT2D eigenvalue weighted by molar-refractivity contribution is 0.329. The maximum Gasteiger partial charge on any atom is 0.0991 e. The molecular formula is C19H31N. The summed E-state index contributed by atoms with van der Waals surface area (Å²) in [5, 5.41) is 9.59. The van der Waals surface area contributed by atoms with Crippen LogP contribution in [-0.4, -0.2) is 0 Å². The summed E-state index contributed by atoms with van der Waals surface area (Å²) in [4.78, 5) is 0. The molecule has 0 aliphatic heterocycles. The van der Waals surface area contributed by atoms with Crippen LogP contribution in [0, 0.1) is 22.2 Å². The van der Waals surface area contributed by atoms with Crippen molar-refractivity contribution >= 4 is 0 Å². The number of hydrogen-bond donors (Lipinski definition) is 0. The van der Waals surface area contributed by atoms with E-state index in [0.29, 0.717) is 0 Å². The first-order chi connectivity index (χ1) is 9.40. The molecule has 1 heteroatoms. The van der Waals surface area contributed by atoms with Crippen molar-refractivity contribution in [2.75, 3.05) is 0 Å². The highest BCUT2D eigenvalue weighted by atomic mass is 14.4. The van der Waals surface area contributed by atoms with Gasteiger partial charge in [-0.15, -0.1) is 0 Å². The summed E-state index contributed by atoms with van der Waals surface area (Å²) in [6.07, 6.45) is 8.97. The zero-order valence-electron chi connectivity index (χ0n) is 14.3. The SMILES string of the molecule is CCC(C)(CC)C1=CC(C#N)=C(C(C)(CC)CC)CC1. The molecule has 0 saturated heterocycles. The molecular weight excluding hydrogens is 242 g/mol. The van der Waals surface area contributed by atoms with Crippen molar-refractivity contribution in [1.82, 2.24) is 0 Å². The topological polar surface area (TPSA) is 23.8 Å². The molecule has 0 atom stereocenters. The summed E-state index contributed by atoms with van der Waals surface area (Å²) in [6, 6.07) is 2.48. The molecule has 0 aromatic heterocycles. The van der Waals surface area contributed by atoms with Crippen LogP contribution in [-0.2, 0) is 0 Å². The van der Waals surface area contributed by atoms with E-state index in [2.05, 4.69) is 53.7 Å². The van der Waals surface area contributed by atoms with Crippen LogP contribution >= 0.6 is 0 Å². The van der Waals surface area contributed by atoms with Gasteiger partial charge < -0.3 is 0 Å². The quantitative estimate of drug-likeness (QED) is 0.567. The van der Waals surface area contributed by atoms with Crippen molar-refractivity contribution in [2.24, 2.45) is 10.8 Å². The monoisotopic (exact) mass is 273 g/mol. The molecule has 1 nitrogen and oxygen atoms in total. The fourth-order valence-electron chi connectivity index (χ4n) is 3.31. The summed E-state index contributed by atoms with van der Waals surface area (Å²) in [5.41, 5.74) is 4.29. The van der Waals surface area contributed by atoms with Gasteiger partial charge in [0.25, 0.3) is 0 Å². The molecule has 0 amide bonds. The predicted octanol–water partition coefficient (Wildman–Crippen LogP) is 6.18. The Balaban J connectivity index is 3.28. The van der Waals surface area contributed by atoms with E-state index in [9.17, 15) is 5.26 Å². The molecule has 0 heterocycles. The highest BCUT2D eigenvalue weighted by molar-refractivity contribution is 5.46. The van der Waals surface area contributed by atoms with Crippen molar-refractivity contribution < 1.29 is 0 Å².